The molecular weight excluding hydrogens is 355 g/mol. The summed E-state index contributed by atoms with van der Waals surface area (Å²) >= 11 is 7.56. The number of thiazole rings is 1. The zero-order valence-electron chi connectivity index (χ0n) is 13.7. The molecule has 25 heavy (non-hydrogen) atoms. The van der Waals surface area contributed by atoms with E-state index in [2.05, 4.69) is 15.3 Å². The Morgan fingerprint density at radius 1 is 1.36 bits per heavy atom. The number of aliphatic imine (C=N–C) groups is 1. The molecule has 1 aliphatic heterocycles. The molecule has 128 valence electrons. The Hall–Kier alpha value is -1.31. The van der Waals surface area contributed by atoms with Crippen LogP contribution in [0.25, 0.3) is 10.2 Å². The molecule has 8 heteroatoms. The zero-order chi connectivity index (χ0) is 17.2. The standard InChI is InChI=1S/C17H18BClN4OS/c18-16-5-3-9(4-6-16)17(8-16)13(20)22-14(24-17)23-15-21-11-2-1-10(19)7-12(11)25-15/h1-2,7,9,13H,3-6,8,20H2,(H,21,22,23)/t9?,13?,16?,17-/m1/s1. The van der Waals surface area contributed by atoms with Crippen molar-refractivity contribution < 1.29 is 4.74 Å². The molecule has 2 bridgehead atoms. The van der Waals surface area contributed by atoms with Crippen molar-refractivity contribution >= 4 is 52.2 Å². The lowest BCUT2D eigenvalue weighted by molar-refractivity contribution is -0.0796. The van der Waals surface area contributed by atoms with Gasteiger partial charge >= 0.3 is 0 Å². The first-order valence-electron chi connectivity index (χ1n) is 8.60. The van der Waals surface area contributed by atoms with Crippen molar-refractivity contribution in [2.24, 2.45) is 16.6 Å². The molecule has 2 atom stereocenters. The molecule has 2 radical (unpaired) electrons. The number of aromatic nitrogens is 1. The van der Waals surface area contributed by atoms with Gasteiger partial charge in [0.25, 0.3) is 6.02 Å². The van der Waals surface area contributed by atoms with E-state index < -0.39 is 5.60 Å². The summed E-state index contributed by atoms with van der Waals surface area (Å²) in [4.78, 5) is 9.10. The molecule has 1 spiro atoms. The Labute approximate surface area is 156 Å². The number of nitrogens with zero attached hydrogens (tertiary/aromatic N) is 2. The van der Waals surface area contributed by atoms with E-state index >= 15 is 0 Å². The number of nitrogens with one attached hydrogen (secondary N) is 1. The predicted molar refractivity (Wildman–Crippen MR) is 103 cm³/mol. The number of ether oxygens (including phenoxy) is 1. The number of halogens is 1. The van der Waals surface area contributed by atoms with Crippen molar-refractivity contribution in [2.75, 3.05) is 5.32 Å². The van der Waals surface area contributed by atoms with E-state index in [1.165, 1.54) is 11.3 Å². The third kappa shape index (κ3) is 2.47. The van der Waals surface area contributed by atoms with Crippen LogP contribution in [0.2, 0.25) is 10.3 Å². The molecule has 4 aliphatic rings. The normalized spacial score (nSPS) is 36.6. The smallest absolute Gasteiger partial charge is 0.293 e. The fraction of sp³-hybridized carbons (Fsp3) is 0.529. The molecule has 3 aliphatic carbocycles. The SMILES string of the molecule is [B]C12CCC(CC1)[C@@]1(C2)OC(Nc2nc3ccc(Cl)cc3s2)=NC1N. The second kappa shape index (κ2) is 5.35. The van der Waals surface area contributed by atoms with Crippen molar-refractivity contribution in [3.63, 3.8) is 0 Å². The topological polar surface area (TPSA) is 72.5 Å². The van der Waals surface area contributed by atoms with Crippen LogP contribution in [0.4, 0.5) is 5.13 Å². The third-order valence-corrected chi connectivity index (χ3v) is 7.08. The summed E-state index contributed by atoms with van der Waals surface area (Å²) in [5, 5.41) is 4.46. The maximum absolute atomic E-state index is 6.55. The lowest BCUT2D eigenvalue weighted by atomic mass is 9.46. The van der Waals surface area contributed by atoms with E-state index in [9.17, 15) is 0 Å². The number of hydrogen-bond acceptors (Lipinski definition) is 6. The van der Waals surface area contributed by atoms with Gasteiger partial charge in [0.15, 0.2) is 10.7 Å². The molecule has 3 saturated carbocycles. The summed E-state index contributed by atoms with van der Waals surface area (Å²) in [6, 6.07) is 6.10. The number of anilines is 1. The van der Waals surface area contributed by atoms with Gasteiger partial charge in [-0.2, -0.15) is 0 Å². The largest absolute Gasteiger partial charge is 0.454 e. The summed E-state index contributed by atoms with van der Waals surface area (Å²) < 4.78 is 7.32. The molecule has 0 saturated heterocycles. The lowest BCUT2D eigenvalue weighted by Gasteiger charge is -2.55. The van der Waals surface area contributed by atoms with Crippen LogP contribution in [0.15, 0.2) is 23.2 Å². The molecule has 1 unspecified atom stereocenters. The van der Waals surface area contributed by atoms with Crippen LogP contribution >= 0.6 is 22.9 Å². The van der Waals surface area contributed by atoms with Crippen molar-refractivity contribution in [2.45, 2.75) is 49.2 Å². The van der Waals surface area contributed by atoms with Gasteiger partial charge in [-0.05, 0) is 37.5 Å². The minimum absolute atomic E-state index is 0.163. The third-order valence-electron chi connectivity index (χ3n) is 5.91. The second-order valence-electron chi connectivity index (χ2n) is 7.51. The summed E-state index contributed by atoms with van der Waals surface area (Å²) in [5.41, 5.74) is 6.82. The number of amidine groups is 1. The van der Waals surface area contributed by atoms with Crippen LogP contribution in [0.1, 0.15) is 32.1 Å². The van der Waals surface area contributed by atoms with Gasteiger partial charge in [0.2, 0.25) is 0 Å². The maximum atomic E-state index is 6.55. The van der Waals surface area contributed by atoms with Crippen LogP contribution < -0.4 is 11.1 Å². The highest BCUT2D eigenvalue weighted by Crippen LogP contribution is 2.60. The van der Waals surface area contributed by atoms with Gasteiger partial charge < -0.3 is 10.5 Å². The van der Waals surface area contributed by atoms with Crippen LogP contribution in [0.3, 0.4) is 0 Å². The van der Waals surface area contributed by atoms with E-state index in [0.29, 0.717) is 17.0 Å². The average molecular weight is 373 g/mol. The average Bonchev–Trinajstić information content (AvgIpc) is 3.08. The van der Waals surface area contributed by atoms with Crippen LogP contribution in [0.5, 0.6) is 0 Å². The number of nitrogens with two attached hydrogens (primary N) is 1. The van der Waals surface area contributed by atoms with E-state index in [0.717, 1.165) is 47.5 Å². The number of benzene rings is 1. The Balaban J connectivity index is 1.39. The van der Waals surface area contributed by atoms with E-state index in [1.54, 1.807) is 0 Å². The van der Waals surface area contributed by atoms with E-state index in [1.807, 2.05) is 18.2 Å². The summed E-state index contributed by atoms with van der Waals surface area (Å²) in [6.07, 6.45) is 4.62. The van der Waals surface area contributed by atoms with Gasteiger partial charge in [0.05, 0.1) is 18.1 Å². The molecule has 3 fully saturated rings. The number of hydrogen-bond donors (Lipinski definition) is 2. The fourth-order valence-electron chi connectivity index (χ4n) is 4.62. The van der Waals surface area contributed by atoms with Gasteiger partial charge in [0.1, 0.15) is 6.17 Å². The predicted octanol–water partition coefficient (Wildman–Crippen LogP) is 3.69. The summed E-state index contributed by atoms with van der Waals surface area (Å²) in [6.45, 7) is 0. The van der Waals surface area contributed by atoms with Crippen LogP contribution in [-0.4, -0.2) is 30.6 Å². The first-order valence-corrected chi connectivity index (χ1v) is 9.80. The van der Waals surface area contributed by atoms with Crippen LogP contribution in [-0.2, 0) is 4.74 Å². The maximum Gasteiger partial charge on any atom is 0.293 e. The van der Waals surface area contributed by atoms with Crippen molar-refractivity contribution in [1.82, 2.24) is 4.98 Å². The van der Waals surface area contributed by atoms with Gasteiger partial charge in [-0.3, -0.25) is 5.32 Å². The molecule has 2 heterocycles. The molecule has 5 nitrogen and oxygen atoms in total. The van der Waals surface area contributed by atoms with Gasteiger partial charge in [-0.15, -0.1) is 0 Å². The fourth-order valence-corrected chi connectivity index (χ4v) is 5.75. The van der Waals surface area contributed by atoms with Crippen molar-refractivity contribution in [3.05, 3.63) is 23.2 Å². The molecule has 1 aromatic carbocycles. The Kier molecular flexibility index (Phi) is 3.40. The number of rotatable bonds is 1. The molecule has 1 aromatic heterocycles. The minimum atomic E-state index is -0.465. The highest BCUT2D eigenvalue weighted by molar-refractivity contribution is 7.22. The molecular formula is C17H18BClN4OS. The highest BCUT2D eigenvalue weighted by atomic mass is 35.5. The number of fused-ring (bicyclic) bond motifs is 3. The quantitative estimate of drug-likeness (QED) is 0.749. The van der Waals surface area contributed by atoms with Gasteiger partial charge in [-0.1, -0.05) is 41.1 Å². The van der Waals surface area contributed by atoms with E-state index in [4.69, 9.17) is 29.9 Å². The van der Waals surface area contributed by atoms with Crippen molar-refractivity contribution in [1.29, 1.82) is 0 Å². The molecule has 6 rings (SSSR count). The zero-order valence-corrected chi connectivity index (χ0v) is 15.2. The molecule has 2 aromatic rings. The first kappa shape index (κ1) is 15.9. The van der Waals surface area contributed by atoms with E-state index in [-0.39, 0.29) is 11.5 Å². The Morgan fingerprint density at radius 2 is 2.16 bits per heavy atom. The second-order valence-corrected chi connectivity index (χ2v) is 8.97. The minimum Gasteiger partial charge on any atom is -0.454 e. The highest BCUT2D eigenvalue weighted by Gasteiger charge is 2.59. The Morgan fingerprint density at radius 3 is 2.92 bits per heavy atom. The van der Waals surface area contributed by atoms with Gasteiger partial charge in [0, 0.05) is 10.9 Å². The van der Waals surface area contributed by atoms with Crippen LogP contribution in [0, 0.1) is 5.92 Å². The lowest BCUT2D eigenvalue weighted by Crippen LogP contribution is -2.58. The first-order chi connectivity index (χ1) is 12.0. The monoisotopic (exact) mass is 372 g/mol. The summed E-state index contributed by atoms with van der Waals surface area (Å²) in [5.74, 6) is 0.421. The Bertz CT molecular complexity index is 879. The van der Waals surface area contributed by atoms with Gasteiger partial charge in [-0.25, -0.2) is 9.98 Å². The molecule has 0 amide bonds. The molecule has 3 N–H and O–H groups in total. The summed E-state index contributed by atoms with van der Waals surface area (Å²) in [7, 11) is 6.55. The van der Waals surface area contributed by atoms with Crippen molar-refractivity contribution in [3.8, 4) is 0 Å².